The lowest BCUT2D eigenvalue weighted by molar-refractivity contribution is 0.102. The van der Waals surface area contributed by atoms with Gasteiger partial charge >= 0.3 is 0 Å². The lowest BCUT2D eigenvalue weighted by Gasteiger charge is -2.11. The van der Waals surface area contributed by atoms with E-state index >= 15 is 0 Å². The molecule has 4 aromatic rings. The van der Waals surface area contributed by atoms with Crippen molar-refractivity contribution in [3.8, 4) is 11.1 Å². The first-order chi connectivity index (χ1) is 12.2. The molecule has 6 heteroatoms. The summed E-state index contributed by atoms with van der Waals surface area (Å²) in [5, 5.41) is 14.9. The fourth-order valence-electron chi connectivity index (χ4n) is 2.77. The Morgan fingerprint density at radius 2 is 2.00 bits per heavy atom. The van der Waals surface area contributed by atoms with Crippen LogP contribution in [0, 0.1) is 6.92 Å². The number of hydrogen-bond donors (Lipinski definition) is 2. The summed E-state index contributed by atoms with van der Waals surface area (Å²) in [5.74, 6) is -0.300. The molecule has 122 valence electrons. The molecule has 0 saturated heterocycles. The van der Waals surface area contributed by atoms with E-state index < -0.39 is 0 Å². The van der Waals surface area contributed by atoms with Gasteiger partial charge in [0.15, 0.2) is 5.69 Å². The molecule has 2 aromatic heterocycles. The van der Waals surface area contributed by atoms with Crippen molar-refractivity contribution in [2.24, 2.45) is 0 Å². The summed E-state index contributed by atoms with van der Waals surface area (Å²) >= 11 is 0. The number of pyridine rings is 1. The topological polar surface area (TPSA) is 83.6 Å². The lowest BCUT2D eigenvalue weighted by atomic mass is 9.98. The third kappa shape index (κ3) is 2.97. The molecule has 2 N–H and O–H groups in total. The number of nitrogens with zero attached hydrogens (tertiary/aromatic N) is 3. The van der Waals surface area contributed by atoms with Crippen LogP contribution in [0.4, 0.5) is 5.69 Å². The van der Waals surface area contributed by atoms with Gasteiger partial charge in [-0.25, -0.2) is 0 Å². The monoisotopic (exact) mass is 329 g/mol. The van der Waals surface area contributed by atoms with Crippen LogP contribution in [0.3, 0.4) is 0 Å². The zero-order valence-electron chi connectivity index (χ0n) is 13.5. The van der Waals surface area contributed by atoms with Gasteiger partial charge in [-0.2, -0.15) is 0 Å². The van der Waals surface area contributed by atoms with Gasteiger partial charge in [0.05, 0.1) is 6.20 Å². The second-order valence-corrected chi connectivity index (χ2v) is 5.78. The molecule has 2 aromatic carbocycles. The molecule has 0 atom stereocenters. The lowest BCUT2D eigenvalue weighted by Crippen LogP contribution is -2.12. The molecule has 0 saturated carbocycles. The SMILES string of the molecule is Cc1ccc(NC(=O)c2c[nH]nn2)cc1-c1ccc2ccncc2c1. The number of nitrogens with one attached hydrogen (secondary N) is 2. The maximum absolute atomic E-state index is 12.1. The highest BCUT2D eigenvalue weighted by Crippen LogP contribution is 2.29. The van der Waals surface area contributed by atoms with Crippen molar-refractivity contribution >= 4 is 22.4 Å². The maximum Gasteiger partial charge on any atom is 0.277 e. The summed E-state index contributed by atoms with van der Waals surface area (Å²) in [7, 11) is 0. The summed E-state index contributed by atoms with van der Waals surface area (Å²) < 4.78 is 0. The first-order valence-electron chi connectivity index (χ1n) is 7.83. The molecule has 25 heavy (non-hydrogen) atoms. The van der Waals surface area contributed by atoms with Crippen molar-refractivity contribution in [3.05, 3.63) is 72.3 Å². The summed E-state index contributed by atoms with van der Waals surface area (Å²) in [6.45, 7) is 2.05. The second kappa shape index (κ2) is 6.16. The van der Waals surface area contributed by atoms with Gasteiger partial charge in [0.1, 0.15) is 0 Å². The molecule has 0 fully saturated rings. The van der Waals surface area contributed by atoms with Crippen molar-refractivity contribution in [1.82, 2.24) is 20.4 Å². The molecule has 0 radical (unpaired) electrons. The van der Waals surface area contributed by atoms with E-state index in [1.165, 1.54) is 6.20 Å². The minimum absolute atomic E-state index is 0.249. The minimum Gasteiger partial charge on any atom is -0.321 e. The van der Waals surface area contributed by atoms with E-state index in [0.717, 1.165) is 27.5 Å². The normalized spacial score (nSPS) is 10.8. The first kappa shape index (κ1) is 15.0. The Kier molecular flexibility index (Phi) is 3.70. The number of aromatic nitrogens is 4. The number of amides is 1. The second-order valence-electron chi connectivity index (χ2n) is 5.78. The van der Waals surface area contributed by atoms with Crippen LogP contribution in [0.5, 0.6) is 0 Å². The number of aromatic amines is 1. The zero-order chi connectivity index (χ0) is 17.2. The Bertz CT molecular complexity index is 1060. The fourth-order valence-corrected chi connectivity index (χ4v) is 2.77. The number of carbonyl (C=O) groups excluding carboxylic acids is 1. The van der Waals surface area contributed by atoms with Gasteiger partial charge in [0.2, 0.25) is 0 Å². The highest BCUT2D eigenvalue weighted by molar-refractivity contribution is 6.03. The van der Waals surface area contributed by atoms with Crippen LogP contribution in [0.25, 0.3) is 21.9 Å². The third-order valence-electron chi connectivity index (χ3n) is 4.10. The molecule has 6 nitrogen and oxygen atoms in total. The summed E-state index contributed by atoms with van der Waals surface area (Å²) in [6.07, 6.45) is 5.10. The number of H-pyrrole nitrogens is 1. The standard InChI is InChI=1S/C19H15N5O/c1-12-2-5-16(22-19(25)18-11-21-24-23-18)9-17(12)14-4-3-13-6-7-20-10-15(13)8-14/h2-11H,1H3,(H,22,25)(H,21,23,24). The molecule has 0 aliphatic rings. The van der Waals surface area contributed by atoms with Crippen LogP contribution in [-0.4, -0.2) is 26.3 Å². The maximum atomic E-state index is 12.1. The molecule has 4 rings (SSSR count). The molecule has 1 amide bonds. The Labute approximate surface area is 143 Å². The smallest absolute Gasteiger partial charge is 0.277 e. The number of benzene rings is 2. The van der Waals surface area contributed by atoms with E-state index in [0.29, 0.717) is 5.69 Å². The van der Waals surface area contributed by atoms with Crippen molar-refractivity contribution in [3.63, 3.8) is 0 Å². The Morgan fingerprint density at radius 1 is 1.08 bits per heavy atom. The van der Waals surface area contributed by atoms with E-state index in [9.17, 15) is 4.79 Å². The Hall–Kier alpha value is -3.54. The van der Waals surface area contributed by atoms with Crippen LogP contribution in [0.15, 0.2) is 61.1 Å². The Morgan fingerprint density at radius 3 is 2.84 bits per heavy atom. The highest BCUT2D eigenvalue weighted by Gasteiger charge is 2.11. The van der Waals surface area contributed by atoms with Crippen LogP contribution in [-0.2, 0) is 0 Å². The average Bonchev–Trinajstić information content (AvgIpc) is 3.18. The van der Waals surface area contributed by atoms with Gasteiger partial charge in [0, 0.05) is 23.5 Å². The van der Waals surface area contributed by atoms with E-state index in [1.54, 1.807) is 6.20 Å². The van der Waals surface area contributed by atoms with Crippen molar-refractivity contribution in [2.75, 3.05) is 5.32 Å². The van der Waals surface area contributed by atoms with Crippen LogP contribution in [0.2, 0.25) is 0 Å². The predicted octanol–water partition coefficient (Wildman–Crippen LogP) is 3.58. The number of fused-ring (bicyclic) bond motifs is 1. The largest absolute Gasteiger partial charge is 0.321 e. The third-order valence-corrected chi connectivity index (χ3v) is 4.10. The van der Waals surface area contributed by atoms with E-state index in [1.807, 2.05) is 37.4 Å². The van der Waals surface area contributed by atoms with Crippen LogP contribution >= 0.6 is 0 Å². The molecule has 0 spiro atoms. The van der Waals surface area contributed by atoms with Crippen LogP contribution < -0.4 is 5.32 Å². The van der Waals surface area contributed by atoms with Crippen molar-refractivity contribution in [2.45, 2.75) is 6.92 Å². The summed E-state index contributed by atoms with van der Waals surface area (Å²) in [5.41, 5.74) is 4.22. The number of anilines is 1. The number of rotatable bonds is 3. The van der Waals surface area contributed by atoms with Crippen molar-refractivity contribution < 1.29 is 4.79 Å². The Balaban J connectivity index is 1.70. The van der Waals surface area contributed by atoms with E-state index in [4.69, 9.17) is 0 Å². The van der Waals surface area contributed by atoms with Gasteiger partial charge in [-0.1, -0.05) is 23.4 Å². The van der Waals surface area contributed by atoms with E-state index in [2.05, 4.69) is 43.9 Å². The zero-order valence-corrected chi connectivity index (χ0v) is 13.5. The molecule has 0 unspecified atom stereocenters. The number of aryl methyl sites for hydroxylation is 1. The van der Waals surface area contributed by atoms with Gasteiger partial charge in [-0.05, 0) is 53.3 Å². The first-order valence-corrected chi connectivity index (χ1v) is 7.83. The number of hydrogen-bond acceptors (Lipinski definition) is 4. The number of carbonyl (C=O) groups is 1. The van der Waals surface area contributed by atoms with Crippen molar-refractivity contribution in [1.29, 1.82) is 0 Å². The highest BCUT2D eigenvalue weighted by atomic mass is 16.2. The molecular weight excluding hydrogens is 314 g/mol. The molecular formula is C19H15N5O. The predicted molar refractivity (Wildman–Crippen MR) is 96.3 cm³/mol. The van der Waals surface area contributed by atoms with Gasteiger partial charge < -0.3 is 5.32 Å². The molecule has 2 heterocycles. The fraction of sp³-hybridized carbons (Fsp3) is 0.0526. The quantitative estimate of drug-likeness (QED) is 0.602. The average molecular weight is 329 g/mol. The molecule has 0 aliphatic carbocycles. The van der Waals surface area contributed by atoms with Gasteiger partial charge in [0.25, 0.3) is 5.91 Å². The minimum atomic E-state index is -0.300. The van der Waals surface area contributed by atoms with E-state index in [-0.39, 0.29) is 11.6 Å². The summed E-state index contributed by atoms with van der Waals surface area (Å²) in [6, 6.07) is 14.1. The molecule has 0 aliphatic heterocycles. The van der Waals surface area contributed by atoms with Gasteiger partial charge in [-0.3, -0.25) is 14.9 Å². The molecule has 0 bridgehead atoms. The van der Waals surface area contributed by atoms with Gasteiger partial charge in [-0.15, -0.1) is 5.10 Å². The van der Waals surface area contributed by atoms with Crippen LogP contribution in [0.1, 0.15) is 16.1 Å². The summed E-state index contributed by atoms with van der Waals surface area (Å²) in [4.78, 5) is 16.3.